The number of pyridine rings is 1. The van der Waals surface area contributed by atoms with Crippen LogP contribution < -0.4 is 0 Å². The van der Waals surface area contributed by atoms with E-state index in [1.165, 1.54) is 10.5 Å². The topological polar surface area (TPSA) is 62.6 Å². The molecule has 1 aliphatic heterocycles. The Morgan fingerprint density at radius 3 is 2.62 bits per heavy atom. The van der Waals surface area contributed by atoms with E-state index in [0.29, 0.717) is 11.1 Å². The maximum Gasteiger partial charge on any atom is 0.261 e. The highest BCUT2D eigenvalue weighted by Gasteiger charge is 2.34. The molecule has 120 valence electrons. The predicted molar refractivity (Wildman–Crippen MR) is 90.2 cm³/mol. The summed E-state index contributed by atoms with van der Waals surface area (Å²) < 4.78 is 0. The Hall–Kier alpha value is -2.82. The first-order valence-electron chi connectivity index (χ1n) is 8.16. The number of carbonyl (C=O) groups is 2. The highest BCUT2D eigenvalue weighted by Crippen LogP contribution is 2.30. The van der Waals surface area contributed by atoms with Crippen LogP contribution in [0.1, 0.15) is 50.9 Å². The van der Waals surface area contributed by atoms with Crippen LogP contribution in [-0.4, -0.2) is 34.5 Å². The van der Waals surface area contributed by atoms with Gasteiger partial charge in [0, 0.05) is 12.4 Å². The van der Waals surface area contributed by atoms with Gasteiger partial charge in [0.1, 0.15) is 0 Å². The van der Waals surface area contributed by atoms with E-state index in [2.05, 4.69) is 16.0 Å². The molecule has 0 fully saturated rings. The second-order valence-electron chi connectivity index (χ2n) is 6.05. The first-order chi connectivity index (χ1) is 11.8. The van der Waals surface area contributed by atoms with Gasteiger partial charge >= 0.3 is 0 Å². The molecule has 0 saturated heterocycles. The molecule has 2 aromatic rings. The zero-order valence-corrected chi connectivity index (χ0v) is 13.2. The summed E-state index contributed by atoms with van der Waals surface area (Å²) in [5, 5.41) is 0. The monoisotopic (exact) mass is 319 g/mol. The number of fused-ring (bicyclic) bond motifs is 2. The van der Waals surface area contributed by atoms with E-state index in [-0.39, 0.29) is 24.4 Å². The van der Waals surface area contributed by atoms with Gasteiger partial charge < -0.3 is 0 Å². The minimum atomic E-state index is -0.246. The van der Waals surface area contributed by atoms with Gasteiger partial charge in [0.25, 0.3) is 11.8 Å². The molecule has 2 aliphatic rings. The Bertz CT molecular complexity index is 809. The van der Waals surface area contributed by atoms with Gasteiger partial charge in [-0.15, -0.1) is 0 Å². The second-order valence-corrected chi connectivity index (χ2v) is 6.05. The number of benzene rings is 1. The predicted octanol–water partition coefficient (Wildman–Crippen LogP) is 2.83. The number of amides is 2. The molecule has 1 aromatic carbocycles. The van der Waals surface area contributed by atoms with Gasteiger partial charge in [0.05, 0.1) is 29.4 Å². The van der Waals surface area contributed by atoms with Crippen LogP contribution in [0.5, 0.6) is 0 Å². The summed E-state index contributed by atoms with van der Waals surface area (Å²) in [5.41, 5.74) is 3.20. The largest absolute Gasteiger partial charge is 0.286 e. The third-order valence-electron chi connectivity index (χ3n) is 4.59. The van der Waals surface area contributed by atoms with Gasteiger partial charge in [-0.05, 0) is 43.0 Å². The zero-order chi connectivity index (χ0) is 16.5. The lowest BCUT2D eigenvalue weighted by Gasteiger charge is -2.21. The fourth-order valence-corrected chi connectivity index (χ4v) is 3.39. The van der Waals surface area contributed by atoms with Gasteiger partial charge in [0.15, 0.2) is 0 Å². The van der Waals surface area contributed by atoms with Crippen LogP contribution in [0.25, 0.3) is 0 Å². The molecule has 5 heteroatoms. The smallest absolute Gasteiger partial charge is 0.261 e. The molecule has 2 amide bonds. The number of aliphatic imine (C=N–C) groups is 1. The van der Waals surface area contributed by atoms with Crippen molar-refractivity contribution in [3.63, 3.8) is 0 Å². The van der Waals surface area contributed by atoms with Crippen molar-refractivity contribution in [1.29, 1.82) is 0 Å². The molecule has 1 aliphatic carbocycles. The van der Waals surface area contributed by atoms with E-state index in [0.717, 1.165) is 25.0 Å². The summed E-state index contributed by atoms with van der Waals surface area (Å²) in [5.74, 6) is -0.492. The maximum absolute atomic E-state index is 12.3. The van der Waals surface area contributed by atoms with Crippen LogP contribution in [0.15, 0.2) is 47.6 Å². The number of rotatable bonds is 3. The highest BCUT2D eigenvalue weighted by molar-refractivity contribution is 6.22. The zero-order valence-electron chi connectivity index (χ0n) is 13.2. The Morgan fingerprint density at radius 1 is 1.12 bits per heavy atom. The van der Waals surface area contributed by atoms with Crippen LogP contribution >= 0.6 is 0 Å². The number of nitrogens with zero attached hydrogens (tertiary/aromatic N) is 3. The van der Waals surface area contributed by atoms with Crippen molar-refractivity contribution in [2.24, 2.45) is 4.99 Å². The van der Waals surface area contributed by atoms with Crippen molar-refractivity contribution in [3.05, 3.63) is 65.0 Å². The van der Waals surface area contributed by atoms with E-state index in [4.69, 9.17) is 0 Å². The lowest BCUT2D eigenvalue weighted by molar-refractivity contribution is 0.0679. The van der Waals surface area contributed by atoms with Gasteiger partial charge in [0.2, 0.25) is 0 Å². The Labute approximate surface area is 140 Å². The minimum absolute atomic E-state index is 0.0186. The number of carbonyl (C=O) groups excluding carboxylic acids is 2. The van der Waals surface area contributed by atoms with Gasteiger partial charge in [-0.1, -0.05) is 18.2 Å². The molecule has 5 nitrogen and oxygen atoms in total. The highest BCUT2D eigenvalue weighted by atomic mass is 16.2. The van der Waals surface area contributed by atoms with Crippen LogP contribution in [0.3, 0.4) is 0 Å². The number of hydrogen-bond acceptors (Lipinski definition) is 4. The Kier molecular flexibility index (Phi) is 3.69. The molecule has 24 heavy (non-hydrogen) atoms. The quantitative estimate of drug-likeness (QED) is 0.645. The fourth-order valence-electron chi connectivity index (χ4n) is 3.39. The molecule has 1 atom stereocenters. The first-order valence-corrected chi connectivity index (χ1v) is 8.16. The lowest BCUT2D eigenvalue weighted by atomic mass is 9.92. The fraction of sp³-hybridized carbons (Fsp3) is 0.263. The Balaban J connectivity index is 1.50. The number of imide groups is 1. The summed E-state index contributed by atoms with van der Waals surface area (Å²) in [6.07, 6.45) is 6.52. The van der Waals surface area contributed by atoms with Crippen molar-refractivity contribution in [1.82, 2.24) is 9.88 Å². The second kappa shape index (κ2) is 6.00. The third-order valence-corrected chi connectivity index (χ3v) is 4.59. The lowest BCUT2D eigenvalue weighted by Crippen LogP contribution is -2.31. The molecular formula is C19H17N3O2. The van der Waals surface area contributed by atoms with Crippen molar-refractivity contribution < 1.29 is 9.59 Å². The van der Waals surface area contributed by atoms with Gasteiger partial charge in [-0.3, -0.25) is 24.5 Å². The van der Waals surface area contributed by atoms with Crippen molar-refractivity contribution in [3.8, 4) is 0 Å². The van der Waals surface area contributed by atoms with Crippen LogP contribution in [0, 0.1) is 0 Å². The van der Waals surface area contributed by atoms with Crippen molar-refractivity contribution >= 4 is 18.0 Å². The maximum atomic E-state index is 12.3. The van der Waals surface area contributed by atoms with E-state index < -0.39 is 0 Å². The molecule has 1 aromatic heterocycles. The van der Waals surface area contributed by atoms with Gasteiger partial charge in [-0.2, -0.15) is 0 Å². The van der Waals surface area contributed by atoms with E-state index in [1.807, 2.05) is 6.07 Å². The van der Waals surface area contributed by atoms with E-state index >= 15 is 0 Å². The molecule has 0 spiro atoms. The standard InChI is InChI=1S/C19H17N3O2/c23-18-14-7-1-2-8-15(14)19(24)22(18)12-11-20-16-9-3-5-13-6-4-10-21-17(13)16/h1-2,4,6-8,10-11,16H,3,5,9,12H2/b20-11-. The molecule has 0 N–H and O–H groups in total. The summed E-state index contributed by atoms with van der Waals surface area (Å²) in [6, 6.07) is 11.0. The Morgan fingerprint density at radius 2 is 1.88 bits per heavy atom. The van der Waals surface area contributed by atoms with Gasteiger partial charge in [-0.25, -0.2) is 0 Å². The SMILES string of the molecule is O=C1c2ccccc2C(=O)N1C/C=N\C1CCCc2cccnc21. The summed E-state index contributed by atoms with van der Waals surface area (Å²) in [7, 11) is 0. The normalized spacial score (nSPS) is 19.7. The summed E-state index contributed by atoms with van der Waals surface area (Å²) in [6.45, 7) is 0.199. The molecular weight excluding hydrogens is 302 g/mol. The summed E-state index contributed by atoms with van der Waals surface area (Å²) in [4.78, 5) is 34.9. The average Bonchev–Trinajstić information content (AvgIpc) is 2.87. The van der Waals surface area contributed by atoms with Crippen LogP contribution in [0.2, 0.25) is 0 Å². The first kappa shape index (κ1) is 14.8. The molecule has 0 saturated carbocycles. The van der Waals surface area contributed by atoms with Crippen molar-refractivity contribution in [2.45, 2.75) is 25.3 Å². The molecule has 4 rings (SSSR count). The summed E-state index contributed by atoms with van der Waals surface area (Å²) >= 11 is 0. The number of aryl methyl sites for hydroxylation is 1. The number of hydrogen-bond donors (Lipinski definition) is 0. The van der Waals surface area contributed by atoms with E-state index in [1.54, 1.807) is 36.7 Å². The average molecular weight is 319 g/mol. The molecule has 0 bridgehead atoms. The number of aromatic nitrogens is 1. The van der Waals surface area contributed by atoms with Crippen molar-refractivity contribution in [2.75, 3.05) is 6.54 Å². The van der Waals surface area contributed by atoms with Crippen LogP contribution in [-0.2, 0) is 6.42 Å². The molecule has 0 radical (unpaired) electrons. The third kappa shape index (κ3) is 2.42. The molecule has 2 heterocycles. The minimum Gasteiger partial charge on any atom is -0.286 e. The van der Waals surface area contributed by atoms with E-state index in [9.17, 15) is 9.59 Å². The molecule has 1 unspecified atom stereocenters. The van der Waals surface area contributed by atoms with Crippen LogP contribution in [0.4, 0.5) is 0 Å².